The van der Waals surface area contributed by atoms with Crippen LogP contribution in [0.15, 0.2) is 58.2 Å². The minimum absolute atomic E-state index is 0.134. The first-order valence-corrected chi connectivity index (χ1v) is 13.9. The van der Waals surface area contributed by atoms with E-state index < -0.39 is 10.0 Å². The van der Waals surface area contributed by atoms with Crippen molar-refractivity contribution in [1.29, 1.82) is 0 Å². The Hall–Kier alpha value is -3.08. The lowest BCUT2D eigenvalue weighted by atomic mass is 10.1. The van der Waals surface area contributed by atoms with E-state index in [2.05, 4.69) is 15.3 Å². The van der Waals surface area contributed by atoms with Crippen molar-refractivity contribution in [2.24, 2.45) is 0 Å². The molecule has 1 aliphatic heterocycles. The maximum atomic E-state index is 13.0. The topological polar surface area (TPSA) is 105 Å². The highest BCUT2D eigenvalue weighted by Gasteiger charge is 2.22. The Labute approximate surface area is 211 Å². The Balaban J connectivity index is 1.51. The molecule has 0 spiro atoms. The zero-order valence-electron chi connectivity index (χ0n) is 20.8. The van der Waals surface area contributed by atoms with Crippen LogP contribution in [-0.4, -0.2) is 66.0 Å². The van der Waals surface area contributed by atoms with Crippen molar-refractivity contribution in [3.8, 4) is 0 Å². The van der Waals surface area contributed by atoms with Crippen molar-refractivity contribution in [2.45, 2.75) is 44.7 Å². The Morgan fingerprint density at radius 2 is 1.61 bits per heavy atom. The molecule has 1 amide bonds. The van der Waals surface area contributed by atoms with Crippen LogP contribution in [0.2, 0.25) is 0 Å². The third kappa shape index (κ3) is 5.50. The average molecular weight is 512 g/mol. The van der Waals surface area contributed by atoms with Crippen molar-refractivity contribution < 1.29 is 13.2 Å². The molecule has 1 aromatic heterocycles. The number of benzene rings is 2. The predicted molar refractivity (Wildman–Crippen MR) is 139 cm³/mol. The minimum atomic E-state index is -3.59. The van der Waals surface area contributed by atoms with Crippen LogP contribution in [0.25, 0.3) is 10.8 Å². The molecule has 36 heavy (non-hydrogen) atoms. The van der Waals surface area contributed by atoms with Gasteiger partial charge in [0.2, 0.25) is 10.0 Å². The van der Waals surface area contributed by atoms with Gasteiger partial charge in [0.15, 0.2) is 0 Å². The average Bonchev–Trinajstić information content (AvgIpc) is 3.42. The summed E-state index contributed by atoms with van der Waals surface area (Å²) < 4.78 is 28.3. The second-order valence-corrected chi connectivity index (χ2v) is 10.8. The number of carbonyl (C=O) groups excluding carboxylic acids is 1. The molecule has 192 valence electrons. The first kappa shape index (κ1) is 26.0. The molecule has 0 saturated carbocycles. The van der Waals surface area contributed by atoms with Gasteiger partial charge in [-0.05, 0) is 56.3 Å². The number of amides is 1. The van der Waals surface area contributed by atoms with Gasteiger partial charge in [-0.3, -0.25) is 9.59 Å². The summed E-state index contributed by atoms with van der Waals surface area (Å²) in [5, 5.41) is 8.74. The fraction of sp³-hybridized carbons (Fsp3) is 0.423. The lowest BCUT2D eigenvalue weighted by Gasteiger charge is -2.18. The van der Waals surface area contributed by atoms with E-state index in [0.717, 1.165) is 19.6 Å². The van der Waals surface area contributed by atoms with Crippen LogP contribution < -0.4 is 10.9 Å². The molecule has 10 heteroatoms. The second-order valence-electron chi connectivity index (χ2n) is 8.87. The van der Waals surface area contributed by atoms with Gasteiger partial charge in [-0.2, -0.15) is 9.40 Å². The third-order valence-corrected chi connectivity index (χ3v) is 8.71. The summed E-state index contributed by atoms with van der Waals surface area (Å²) >= 11 is 0. The van der Waals surface area contributed by atoms with Gasteiger partial charge in [0, 0.05) is 30.6 Å². The number of hydrogen-bond donors (Lipinski definition) is 1. The highest BCUT2D eigenvalue weighted by atomic mass is 32.2. The second kappa shape index (κ2) is 11.3. The number of likely N-dealkylation sites (tertiary alicyclic amines) is 1. The molecule has 9 nitrogen and oxygen atoms in total. The van der Waals surface area contributed by atoms with Gasteiger partial charge >= 0.3 is 0 Å². The molecular weight excluding hydrogens is 478 g/mol. The van der Waals surface area contributed by atoms with Crippen LogP contribution in [0, 0.1) is 0 Å². The third-order valence-electron chi connectivity index (χ3n) is 6.65. The summed E-state index contributed by atoms with van der Waals surface area (Å²) in [4.78, 5) is 28.3. The van der Waals surface area contributed by atoms with E-state index in [9.17, 15) is 18.0 Å². The van der Waals surface area contributed by atoms with Crippen molar-refractivity contribution in [1.82, 2.24) is 24.3 Å². The van der Waals surface area contributed by atoms with Gasteiger partial charge in [0.25, 0.3) is 11.5 Å². The molecule has 1 fully saturated rings. The summed E-state index contributed by atoms with van der Waals surface area (Å²) in [6.07, 6.45) is 2.36. The molecule has 2 heterocycles. The molecule has 1 aliphatic rings. The van der Waals surface area contributed by atoms with Crippen LogP contribution in [0.4, 0.5) is 0 Å². The van der Waals surface area contributed by atoms with E-state index in [1.54, 1.807) is 19.9 Å². The van der Waals surface area contributed by atoms with Gasteiger partial charge in [-0.1, -0.05) is 32.0 Å². The predicted octanol–water partition coefficient (Wildman–Crippen LogP) is 2.45. The molecule has 0 unspecified atom stereocenters. The monoisotopic (exact) mass is 511 g/mol. The summed E-state index contributed by atoms with van der Waals surface area (Å²) in [7, 11) is -3.59. The summed E-state index contributed by atoms with van der Waals surface area (Å²) in [5.41, 5.74) is 0.825. The molecule has 2 aromatic carbocycles. The Morgan fingerprint density at radius 1 is 0.972 bits per heavy atom. The highest BCUT2D eigenvalue weighted by molar-refractivity contribution is 7.89. The van der Waals surface area contributed by atoms with Crippen molar-refractivity contribution >= 4 is 26.7 Å². The molecule has 1 saturated heterocycles. The number of nitrogens with zero attached hydrogens (tertiary/aromatic N) is 4. The maximum Gasteiger partial charge on any atom is 0.274 e. The number of fused-ring (bicyclic) bond motifs is 1. The van der Waals surface area contributed by atoms with E-state index in [4.69, 9.17) is 0 Å². The van der Waals surface area contributed by atoms with E-state index in [1.165, 1.54) is 46.1 Å². The van der Waals surface area contributed by atoms with Crippen molar-refractivity contribution in [2.75, 3.05) is 32.7 Å². The van der Waals surface area contributed by atoms with Crippen LogP contribution >= 0.6 is 0 Å². The Morgan fingerprint density at radius 3 is 2.25 bits per heavy atom. The molecule has 1 N–H and O–H groups in total. The van der Waals surface area contributed by atoms with Crippen molar-refractivity contribution in [3.05, 3.63) is 70.1 Å². The lowest BCUT2D eigenvalue weighted by Crippen LogP contribution is -2.32. The normalized spacial score (nSPS) is 14.5. The summed E-state index contributed by atoms with van der Waals surface area (Å²) in [6, 6.07) is 13.2. The summed E-state index contributed by atoms with van der Waals surface area (Å²) in [6.45, 7) is 7.81. The van der Waals surface area contributed by atoms with Gasteiger partial charge < -0.3 is 10.2 Å². The van der Waals surface area contributed by atoms with Crippen LogP contribution in [0.3, 0.4) is 0 Å². The first-order chi connectivity index (χ1) is 17.3. The molecule has 0 radical (unpaired) electrons. The van der Waals surface area contributed by atoms with Gasteiger partial charge in [-0.25, -0.2) is 13.1 Å². The highest BCUT2D eigenvalue weighted by Crippen LogP contribution is 2.17. The van der Waals surface area contributed by atoms with E-state index in [-0.39, 0.29) is 22.9 Å². The van der Waals surface area contributed by atoms with E-state index >= 15 is 0 Å². The lowest BCUT2D eigenvalue weighted by molar-refractivity contribution is 0.0950. The number of nitrogens with one attached hydrogen (secondary N) is 1. The Bertz CT molecular complexity index is 1380. The van der Waals surface area contributed by atoms with Crippen LogP contribution in [0.5, 0.6) is 0 Å². The molecule has 0 atom stereocenters. The van der Waals surface area contributed by atoms with E-state index in [1.807, 2.05) is 18.2 Å². The number of rotatable bonds is 10. The quantitative estimate of drug-likeness (QED) is 0.448. The molecular formula is C26H33N5O4S. The number of sulfonamides is 1. The largest absolute Gasteiger partial charge is 0.346 e. The van der Waals surface area contributed by atoms with Crippen LogP contribution in [0.1, 0.15) is 42.7 Å². The van der Waals surface area contributed by atoms with Gasteiger partial charge in [0.05, 0.1) is 29.1 Å². The van der Waals surface area contributed by atoms with E-state index in [0.29, 0.717) is 41.7 Å². The zero-order chi connectivity index (χ0) is 25.7. The van der Waals surface area contributed by atoms with Crippen LogP contribution in [-0.2, 0) is 23.1 Å². The SMILES string of the molecule is CCN(CC)S(=O)(=O)c1ccc(C(=O)NCc2nn(CCN3CCCC3)c(=O)c3ccccc23)cc1. The molecule has 0 aliphatic carbocycles. The fourth-order valence-electron chi connectivity index (χ4n) is 4.59. The smallest absolute Gasteiger partial charge is 0.274 e. The fourth-order valence-corrected chi connectivity index (χ4v) is 6.04. The van der Waals surface area contributed by atoms with Gasteiger partial charge in [0.1, 0.15) is 0 Å². The number of carbonyl (C=O) groups is 1. The first-order valence-electron chi connectivity index (χ1n) is 12.4. The number of aromatic nitrogens is 2. The maximum absolute atomic E-state index is 13.0. The number of hydrogen-bond acceptors (Lipinski definition) is 6. The minimum Gasteiger partial charge on any atom is -0.346 e. The molecule has 3 aromatic rings. The molecule has 4 rings (SSSR count). The molecule has 0 bridgehead atoms. The van der Waals surface area contributed by atoms with Gasteiger partial charge in [-0.15, -0.1) is 0 Å². The summed E-state index contributed by atoms with van der Waals surface area (Å²) in [5.74, 6) is -0.345. The zero-order valence-corrected chi connectivity index (χ0v) is 21.6. The van der Waals surface area contributed by atoms with Crippen molar-refractivity contribution in [3.63, 3.8) is 0 Å². The Kier molecular flexibility index (Phi) is 8.17. The standard InChI is InChI=1S/C26H33N5O4S/c1-3-30(4-2)36(34,35)21-13-11-20(12-14-21)25(32)27-19-24-22-9-5-6-10-23(22)26(33)31(28-24)18-17-29-15-7-8-16-29/h5-6,9-14H,3-4,7-8,15-19H2,1-2H3,(H,27,32).